The number of hydrogen-bond donors (Lipinski definition) is 0. The van der Waals surface area contributed by atoms with E-state index in [9.17, 15) is 0 Å². The maximum absolute atomic E-state index is 5.69. The van der Waals surface area contributed by atoms with Gasteiger partial charge in [0.25, 0.3) is 0 Å². The molecule has 15 heavy (non-hydrogen) atoms. The Balaban J connectivity index is 4.00. The lowest BCUT2D eigenvalue weighted by molar-refractivity contribution is 0.234. The van der Waals surface area contributed by atoms with E-state index in [0.717, 1.165) is 12.1 Å². The fraction of sp³-hybridized carbons (Fsp3) is 1.00. The van der Waals surface area contributed by atoms with Crippen LogP contribution in [0.3, 0.4) is 0 Å². The van der Waals surface area contributed by atoms with Crippen LogP contribution in [0.4, 0.5) is 0 Å². The summed E-state index contributed by atoms with van der Waals surface area (Å²) in [5.74, 6) is 0.669. The molecule has 92 valence electrons. The highest BCUT2D eigenvalue weighted by Gasteiger charge is 2.35. The monoisotopic (exact) mass is 232 g/mol. The second kappa shape index (κ2) is 8.31. The van der Waals surface area contributed by atoms with Crippen molar-refractivity contribution >= 4 is 8.56 Å². The van der Waals surface area contributed by atoms with E-state index in [1.165, 1.54) is 25.7 Å². The molecule has 0 unspecified atom stereocenters. The first-order chi connectivity index (χ1) is 7.10. The summed E-state index contributed by atoms with van der Waals surface area (Å²) in [5.41, 5.74) is 0. The molecule has 3 heteroatoms. The predicted octanol–water partition coefficient (Wildman–Crippen LogP) is 3.96. The maximum atomic E-state index is 5.69. The van der Waals surface area contributed by atoms with E-state index < -0.39 is 8.56 Å². The third kappa shape index (κ3) is 6.33. The van der Waals surface area contributed by atoms with Gasteiger partial charge in [0, 0.05) is 14.2 Å². The van der Waals surface area contributed by atoms with Crippen molar-refractivity contribution < 1.29 is 8.85 Å². The molecule has 0 aromatic heterocycles. The van der Waals surface area contributed by atoms with Crippen molar-refractivity contribution in [3.63, 3.8) is 0 Å². The molecular formula is C12H28O2Si. The Labute approximate surface area is 96.6 Å². The van der Waals surface area contributed by atoms with Crippen LogP contribution in [0.5, 0.6) is 0 Å². The molecule has 0 aliphatic carbocycles. The highest BCUT2D eigenvalue weighted by atomic mass is 28.4. The first-order valence-electron chi connectivity index (χ1n) is 6.20. The van der Waals surface area contributed by atoms with Gasteiger partial charge in [-0.25, -0.2) is 0 Å². The highest BCUT2D eigenvalue weighted by Crippen LogP contribution is 2.25. The second-order valence-corrected chi connectivity index (χ2v) is 8.27. The molecule has 2 nitrogen and oxygen atoms in total. The number of unbranched alkanes of at least 4 members (excludes halogenated alkanes) is 3. The van der Waals surface area contributed by atoms with Gasteiger partial charge in [0.15, 0.2) is 0 Å². The Kier molecular flexibility index (Phi) is 8.38. The van der Waals surface area contributed by atoms with Gasteiger partial charge in [-0.15, -0.1) is 0 Å². The summed E-state index contributed by atoms with van der Waals surface area (Å²) >= 11 is 0. The second-order valence-electron chi connectivity index (χ2n) is 4.73. The molecule has 0 bridgehead atoms. The average Bonchev–Trinajstić information content (AvgIpc) is 2.22. The summed E-state index contributed by atoms with van der Waals surface area (Å²) in [6.45, 7) is 6.73. The van der Waals surface area contributed by atoms with E-state index in [-0.39, 0.29) is 0 Å². The van der Waals surface area contributed by atoms with Crippen LogP contribution >= 0.6 is 0 Å². The Hall–Kier alpha value is 0.137. The lowest BCUT2D eigenvalue weighted by Crippen LogP contribution is -2.41. The quantitative estimate of drug-likeness (QED) is 0.442. The van der Waals surface area contributed by atoms with E-state index in [1.807, 2.05) is 14.2 Å². The molecule has 0 saturated heterocycles. The van der Waals surface area contributed by atoms with Crippen LogP contribution in [0.15, 0.2) is 0 Å². The van der Waals surface area contributed by atoms with Gasteiger partial charge in [-0.1, -0.05) is 46.5 Å². The predicted molar refractivity (Wildman–Crippen MR) is 68.4 cm³/mol. The third-order valence-corrected chi connectivity index (χ3v) is 6.92. The molecule has 0 amide bonds. The zero-order valence-corrected chi connectivity index (χ0v) is 12.1. The molecule has 0 N–H and O–H groups in total. The largest absolute Gasteiger partial charge is 0.398 e. The maximum Gasteiger partial charge on any atom is 0.337 e. The number of rotatable bonds is 9. The Morgan fingerprint density at radius 2 is 1.60 bits per heavy atom. The van der Waals surface area contributed by atoms with Crippen molar-refractivity contribution in [3.05, 3.63) is 0 Å². The van der Waals surface area contributed by atoms with Gasteiger partial charge < -0.3 is 8.85 Å². The van der Waals surface area contributed by atoms with E-state index >= 15 is 0 Å². The van der Waals surface area contributed by atoms with Crippen molar-refractivity contribution in [1.82, 2.24) is 0 Å². The van der Waals surface area contributed by atoms with E-state index in [1.54, 1.807) is 0 Å². The summed E-state index contributed by atoms with van der Waals surface area (Å²) in [4.78, 5) is 0. The van der Waals surface area contributed by atoms with Crippen LogP contribution in [0.25, 0.3) is 0 Å². The number of hydrogen-bond acceptors (Lipinski definition) is 2. The molecule has 0 aliphatic heterocycles. The van der Waals surface area contributed by atoms with Crippen LogP contribution in [-0.4, -0.2) is 22.8 Å². The molecule has 0 heterocycles. The van der Waals surface area contributed by atoms with Crippen LogP contribution in [0, 0.1) is 5.92 Å². The summed E-state index contributed by atoms with van der Waals surface area (Å²) in [6.07, 6.45) is 5.20. The van der Waals surface area contributed by atoms with E-state index in [2.05, 4.69) is 20.8 Å². The molecule has 0 aromatic carbocycles. The molecule has 0 aromatic rings. The molecule has 0 atom stereocenters. The molecule has 0 spiro atoms. The van der Waals surface area contributed by atoms with Gasteiger partial charge in [-0.2, -0.15) is 0 Å². The minimum absolute atomic E-state index is 0.669. The minimum atomic E-state index is -1.86. The molecule has 0 aliphatic rings. The van der Waals surface area contributed by atoms with E-state index in [4.69, 9.17) is 8.85 Å². The highest BCUT2D eigenvalue weighted by molar-refractivity contribution is 6.67. The average molecular weight is 232 g/mol. The topological polar surface area (TPSA) is 18.5 Å². The summed E-state index contributed by atoms with van der Waals surface area (Å²) < 4.78 is 11.4. The van der Waals surface area contributed by atoms with Gasteiger partial charge in [0.05, 0.1) is 0 Å². The van der Waals surface area contributed by atoms with Crippen LogP contribution in [-0.2, 0) is 8.85 Å². The first-order valence-corrected chi connectivity index (χ1v) is 8.43. The van der Waals surface area contributed by atoms with Gasteiger partial charge in [-0.3, -0.25) is 0 Å². The smallest absolute Gasteiger partial charge is 0.337 e. The van der Waals surface area contributed by atoms with Crippen molar-refractivity contribution in [2.24, 2.45) is 5.92 Å². The SMILES string of the molecule is CCCCCC[Si](CC(C)C)(OC)OC. The summed E-state index contributed by atoms with van der Waals surface area (Å²) in [6, 6.07) is 2.27. The molecule has 0 saturated carbocycles. The van der Waals surface area contributed by atoms with Crippen LogP contribution < -0.4 is 0 Å². The van der Waals surface area contributed by atoms with Gasteiger partial charge in [-0.05, 0) is 18.0 Å². The molecule has 0 fully saturated rings. The first kappa shape index (κ1) is 15.1. The molecule has 0 rings (SSSR count). The summed E-state index contributed by atoms with van der Waals surface area (Å²) in [7, 11) is 1.78. The van der Waals surface area contributed by atoms with Gasteiger partial charge in [0.2, 0.25) is 0 Å². The fourth-order valence-electron chi connectivity index (χ4n) is 2.00. The van der Waals surface area contributed by atoms with Gasteiger partial charge >= 0.3 is 8.56 Å². The van der Waals surface area contributed by atoms with Crippen molar-refractivity contribution in [3.8, 4) is 0 Å². The Morgan fingerprint density at radius 1 is 1.00 bits per heavy atom. The van der Waals surface area contributed by atoms with Crippen molar-refractivity contribution in [2.75, 3.05) is 14.2 Å². The van der Waals surface area contributed by atoms with Crippen LogP contribution in [0.1, 0.15) is 46.5 Å². The van der Waals surface area contributed by atoms with Gasteiger partial charge in [0.1, 0.15) is 0 Å². The summed E-state index contributed by atoms with van der Waals surface area (Å²) in [5, 5.41) is 0. The zero-order chi connectivity index (χ0) is 11.7. The Morgan fingerprint density at radius 3 is 2.00 bits per heavy atom. The van der Waals surface area contributed by atoms with E-state index in [0.29, 0.717) is 5.92 Å². The van der Waals surface area contributed by atoms with Crippen LogP contribution in [0.2, 0.25) is 12.1 Å². The Bertz CT molecular complexity index is 145. The zero-order valence-electron chi connectivity index (χ0n) is 11.1. The molecule has 0 radical (unpaired) electrons. The minimum Gasteiger partial charge on any atom is -0.398 e. The standard InChI is InChI=1S/C12H28O2Si/c1-6-7-8-9-10-15(13-4,14-5)11-12(2)3/h12H,6-11H2,1-5H3. The molecular weight excluding hydrogens is 204 g/mol. The lowest BCUT2D eigenvalue weighted by Gasteiger charge is -2.29. The van der Waals surface area contributed by atoms with Crippen molar-refractivity contribution in [1.29, 1.82) is 0 Å². The lowest BCUT2D eigenvalue weighted by atomic mass is 10.2. The normalized spacial score (nSPS) is 12.4. The fourth-order valence-corrected chi connectivity index (χ4v) is 5.14. The van der Waals surface area contributed by atoms with Crippen molar-refractivity contribution in [2.45, 2.75) is 58.5 Å². The third-order valence-electron chi connectivity index (χ3n) is 2.87.